The Kier molecular flexibility index (Phi) is 4.15. The first kappa shape index (κ1) is 16.6. The molecule has 0 aromatic carbocycles. The number of rotatable bonds is 2. The number of aryl methyl sites for hydroxylation is 2. The number of carbonyl (C=O) groups excluding carboxylic acids is 1. The van der Waals surface area contributed by atoms with Crippen LogP contribution in [0.1, 0.15) is 52.0 Å². The molecule has 0 aliphatic carbocycles. The van der Waals surface area contributed by atoms with Crippen LogP contribution in [0.2, 0.25) is 0 Å². The lowest BCUT2D eigenvalue weighted by atomic mass is 9.96. The third-order valence-corrected chi connectivity index (χ3v) is 4.37. The fraction of sp³-hybridized carbons (Fsp3) is 0.500. The molecule has 1 aliphatic rings. The van der Waals surface area contributed by atoms with Crippen molar-refractivity contribution >= 4 is 5.91 Å². The van der Waals surface area contributed by atoms with E-state index in [9.17, 15) is 18.0 Å². The summed E-state index contributed by atoms with van der Waals surface area (Å²) in [5, 5.41) is 0. The second kappa shape index (κ2) is 5.99. The van der Waals surface area contributed by atoms with Gasteiger partial charge in [0.2, 0.25) is 0 Å². The molecule has 130 valence electrons. The monoisotopic (exact) mass is 341 g/mol. The number of likely N-dealkylation sites (tertiary alicyclic amines) is 1. The van der Waals surface area contributed by atoms with Crippen LogP contribution in [0.4, 0.5) is 13.2 Å². The number of aromatic nitrogens is 2. The topological polar surface area (TPSA) is 62.1 Å². The van der Waals surface area contributed by atoms with Crippen LogP contribution >= 0.6 is 0 Å². The number of nitrogens with one attached hydrogen (secondary N) is 1. The summed E-state index contributed by atoms with van der Waals surface area (Å²) in [5.74, 6) is 0.454. The molecule has 3 heterocycles. The molecule has 24 heavy (non-hydrogen) atoms. The highest BCUT2D eigenvalue weighted by atomic mass is 19.4. The zero-order chi connectivity index (χ0) is 17.5. The van der Waals surface area contributed by atoms with Crippen molar-refractivity contribution in [1.82, 2.24) is 14.9 Å². The maximum atomic E-state index is 12.7. The second-order valence-electron chi connectivity index (χ2n) is 6.12. The van der Waals surface area contributed by atoms with Gasteiger partial charge in [0, 0.05) is 24.6 Å². The predicted octanol–water partition coefficient (Wildman–Crippen LogP) is 3.66. The number of piperidine rings is 1. The van der Waals surface area contributed by atoms with Crippen molar-refractivity contribution in [3.05, 3.63) is 40.9 Å². The van der Waals surface area contributed by atoms with Crippen molar-refractivity contribution in [2.45, 2.75) is 38.8 Å². The first-order valence-corrected chi connectivity index (χ1v) is 7.73. The van der Waals surface area contributed by atoms with Crippen LogP contribution in [-0.4, -0.2) is 33.9 Å². The lowest BCUT2D eigenvalue weighted by Gasteiger charge is -2.32. The van der Waals surface area contributed by atoms with Crippen molar-refractivity contribution in [2.75, 3.05) is 13.1 Å². The summed E-state index contributed by atoms with van der Waals surface area (Å²) in [4.78, 5) is 20.6. The molecule has 3 rings (SSSR count). The van der Waals surface area contributed by atoms with E-state index in [1.807, 2.05) is 0 Å². The SMILES string of the molecule is Cc1coc(C)c1C(=O)N1CCC[C@@H](c2ncc(C(F)(F)F)[nH]2)C1. The highest BCUT2D eigenvalue weighted by Crippen LogP contribution is 2.31. The summed E-state index contributed by atoms with van der Waals surface area (Å²) in [6.07, 6.45) is -0.695. The minimum absolute atomic E-state index is 0.147. The molecule has 1 N–H and O–H groups in total. The van der Waals surface area contributed by atoms with Gasteiger partial charge in [-0.1, -0.05) is 0 Å². The quantitative estimate of drug-likeness (QED) is 0.907. The molecular weight excluding hydrogens is 323 g/mol. The Hall–Kier alpha value is -2.25. The van der Waals surface area contributed by atoms with Gasteiger partial charge in [-0.2, -0.15) is 13.2 Å². The fourth-order valence-electron chi connectivity index (χ4n) is 3.12. The number of nitrogens with zero attached hydrogens (tertiary/aromatic N) is 2. The van der Waals surface area contributed by atoms with E-state index in [4.69, 9.17) is 4.42 Å². The van der Waals surface area contributed by atoms with E-state index in [1.165, 1.54) is 6.26 Å². The van der Waals surface area contributed by atoms with Gasteiger partial charge < -0.3 is 14.3 Å². The minimum atomic E-state index is -4.44. The van der Waals surface area contributed by atoms with Crippen LogP contribution in [-0.2, 0) is 6.18 Å². The first-order chi connectivity index (χ1) is 11.3. The summed E-state index contributed by atoms with van der Waals surface area (Å²) in [7, 11) is 0. The third-order valence-electron chi connectivity index (χ3n) is 4.37. The molecule has 1 fully saturated rings. The maximum absolute atomic E-state index is 12.7. The van der Waals surface area contributed by atoms with Gasteiger partial charge in [-0.15, -0.1) is 0 Å². The Labute approximate surface area is 136 Å². The first-order valence-electron chi connectivity index (χ1n) is 7.73. The molecular formula is C16H18F3N3O2. The molecule has 0 radical (unpaired) electrons. The molecule has 2 aromatic rings. The van der Waals surface area contributed by atoms with Crippen molar-refractivity contribution in [3.8, 4) is 0 Å². The second-order valence-corrected chi connectivity index (χ2v) is 6.12. The van der Waals surface area contributed by atoms with Crippen LogP contribution in [0.15, 0.2) is 16.9 Å². The molecule has 0 spiro atoms. The number of furan rings is 1. The van der Waals surface area contributed by atoms with Crippen LogP contribution in [0.5, 0.6) is 0 Å². The highest BCUT2D eigenvalue weighted by Gasteiger charge is 2.35. The smallest absolute Gasteiger partial charge is 0.432 e. The van der Waals surface area contributed by atoms with Crippen LogP contribution < -0.4 is 0 Å². The third kappa shape index (κ3) is 3.05. The normalized spacial score (nSPS) is 18.9. The number of hydrogen-bond donors (Lipinski definition) is 1. The molecule has 5 nitrogen and oxygen atoms in total. The molecule has 1 saturated heterocycles. The number of halogens is 3. The van der Waals surface area contributed by atoms with Gasteiger partial charge in [0.1, 0.15) is 17.3 Å². The predicted molar refractivity (Wildman–Crippen MR) is 79.7 cm³/mol. The van der Waals surface area contributed by atoms with Crippen molar-refractivity contribution in [1.29, 1.82) is 0 Å². The van der Waals surface area contributed by atoms with E-state index in [0.717, 1.165) is 11.8 Å². The molecule has 2 aromatic heterocycles. The van der Waals surface area contributed by atoms with Crippen molar-refractivity contribution in [3.63, 3.8) is 0 Å². The fourth-order valence-corrected chi connectivity index (χ4v) is 3.12. The van der Waals surface area contributed by atoms with E-state index >= 15 is 0 Å². The van der Waals surface area contributed by atoms with Gasteiger partial charge in [-0.3, -0.25) is 4.79 Å². The molecule has 0 unspecified atom stereocenters. The maximum Gasteiger partial charge on any atom is 0.432 e. The highest BCUT2D eigenvalue weighted by molar-refractivity contribution is 5.96. The molecule has 1 aliphatic heterocycles. The lowest BCUT2D eigenvalue weighted by molar-refractivity contribution is -0.141. The van der Waals surface area contributed by atoms with E-state index in [0.29, 0.717) is 37.3 Å². The molecule has 1 amide bonds. The zero-order valence-corrected chi connectivity index (χ0v) is 13.4. The van der Waals surface area contributed by atoms with E-state index in [-0.39, 0.29) is 17.6 Å². The van der Waals surface area contributed by atoms with Crippen molar-refractivity contribution < 1.29 is 22.4 Å². The number of amides is 1. The average molecular weight is 341 g/mol. The molecule has 8 heteroatoms. The Morgan fingerprint density at radius 1 is 1.42 bits per heavy atom. The summed E-state index contributed by atoms with van der Waals surface area (Å²) in [6, 6.07) is 0. The van der Waals surface area contributed by atoms with E-state index in [1.54, 1.807) is 18.7 Å². The summed E-state index contributed by atoms with van der Waals surface area (Å²) >= 11 is 0. The van der Waals surface area contributed by atoms with Gasteiger partial charge in [0.05, 0.1) is 18.0 Å². The lowest BCUT2D eigenvalue weighted by Crippen LogP contribution is -2.39. The Morgan fingerprint density at radius 3 is 2.75 bits per heavy atom. The number of H-pyrrole nitrogens is 1. The Bertz CT molecular complexity index is 729. The number of aromatic amines is 1. The largest absolute Gasteiger partial charge is 0.469 e. The van der Waals surface area contributed by atoms with E-state index in [2.05, 4.69) is 9.97 Å². The average Bonchev–Trinajstić information content (AvgIpc) is 3.14. The number of hydrogen-bond acceptors (Lipinski definition) is 3. The summed E-state index contributed by atoms with van der Waals surface area (Å²) < 4.78 is 43.4. The van der Waals surface area contributed by atoms with Gasteiger partial charge in [0.25, 0.3) is 5.91 Å². The van der Waals surface area contributed by atoms with Crippen molar-refractivity contribution in [2.24, 2.45) is 0 Å². The summed E-state index contributed by atoms with van der Waals surface area (Å²) in [6.45, 7) is 4.44. The van der Waals surface area contributed by atoms with E-state index < -0.39 is 11.9 Å². The molecule has 0 bridgehead atoms. The summed E-state index contributed by atoms with van der Waals surface area (Å²) in [5.41, 5.74) is 0.436. The van der Waals surface area contributed by atoms with Gasteiger partial charge in [-0.05, 0) is 26.7 Å². The van der Waals surface area contributed by atoms with Gasteiger partial charge in [-0.25, -0.2) is 4.98 Å². The van der Waals surface area contributed by atoms with Crippen LogP contribution in [0, 0.1) is 13.8 Å². The molecule has 0 saturated carbocycles. The standard InChI is InChI=1S/C16H18F3N3O2/c1-9-8-24-10(2)13(9)15(23)22-5-3-4-11(7-22)14-20-6-12(21-14)16(17,18)19/h6,8,11H,3-5,7H2,1-2H3,(H,20,21)/t11-/m1/s1. The Morgan fingerprint density at radius 2 is 2.17 bits per heavy atom. The van der Waals surface area contributed by atoms with Gasteiger partial charge in [0.15, 0.2) is 0 Å². The number of carbonyl (C=O) groups is 1. The van der Waals surface area contributed by atoms with Gasteiger partial charge >= 0.3 is 6.18 Å². The van der Waals surface area contributed by atoms with Crippen LogP contribution in [0.3, 0.4) is 0 Å². The number of imidazole rings is 1. The number of alkyl halides is 3. The molecule has 1 atom stereocenters. The minimum Gasteiger partial charge on any atom is -0.469 e. The zero-order valence-electron chi connectivity index (χ0n) is 13.4. The Balaban J connectivity index is 1.77. The van der Waals surface area contributed by atoms with Crippen LogP contribution in [0.25, 0.3) is 0 Å².